The Kier molecular flexibility index (Phi) is 3.56. The van der Waals surface area contributed by atoms with Gasteiger partial charge in [0.15, 0.2) is 0 Å². The molecule has 2 aliphatic rings. The highest BCUT2D eigenvalue weighted by atomic mass is 16.2. The Bertz CT molecular complexity index is 719. The average molecular weight is 310 g/mol. The van der Waals surface area contributed by atoms with Crippen molar-refractivity contribution < 1.29 is 4.79 Å². The van der Waals surface area contributed by atoms with Gasteiger partial charge in [-0.3, -0.25) is 9.48 Å². The third-order valence-electron chi connectivity index (χ3n) is 4.70. The van der Waals surface area contributed by atoms with Crippen LogP contribution in [0, 0.1) is 5.92 Å². The van der Waals surface area contributed by atoms with Crippen LogP contribution in [0.1, 0.15) is 18.4 Å². The molecule has 0 radical (unpaired) electrons. The summed E-state index contributed by atoms with van der Waals surface area (Å²) < 4.78 is 1.74. The average Bonchev–Trinajstić information content (AvgIpc) is 3.28. The number of nitrogens with zero attached hydrogens (tertiary/aromatic N) is 4. The molecule has 1 fully saturated rings. The van der Waals surface area contributed by atoms with E-state index in [1.807, 2.05) is 24.2 Å². The first-order valence-corrected chi connectivity index (χ1v) is 8.32. The summed E-state index contributed by atoms with van der Waals surface area (Å²) in [4.78, 5) is 17.1. The van der Waals surface area contributed by atoms with E-state index in [4.69, 9.17) is 0 Å². The lowest BCUT2D eigenvalue weighted by Crippen LogP contribution is -2.45. The van der Waals surface area contributed by atoms with E-state index in [0.29, 0.717) is 6.42 Å². The molecule has 5 heteroatoms. The van der Waals surface area contributed by atoms with Crippen LogP contribution in [0.25, 0.3) is 0 Å². The Morgan fingerprint density at radius 2 is 2.00 bits per heavy atom. The van der Waals surface area contributed by atoms with Crippen LogP contribution in [-0.2, 0) is 18.3 Å². The Hall–Kier alpha value is -2.30. The summed E-state index contributed by atoms with van der Waals surface area (Å²) in [6.45, 7) is 2.82. The van der Waals surface area contributed by atoms with Crippen molar-refractivity contribution in [3.63, 3.8) is 0 Å². The molecule has 1 aliphatic heterocycles. The van der Waals surface area contributed by atoms with Gasteiger partial charge in [0.25, 0.3) is 0 Å². The molecule has 0 unspecified atom stereocenters. The zero-order valence-electron chi connectivity index (χ0n) is 13.5. The number of hydrogen-bond donors (Lipinski definition) is 0. The number of fused-ring (bicyclic) bond motifs is 1. The highest BCUT2D eigenvalue weighted by molar-refractivity contribution is 5.98. The van der Waals surface area contributed by atoms with Gasteiger partial charge >= 0.3 is 0 Å². The van der Waals surface area contributed by atoms with Gasteiger partial charge in [-0.05, 0) is 36.5 Å². The van der Waals surface area contributed by atoms with Crippen LogP contribution in [0.5, 0.6) is 0 Å². The van der Waals surface area contributed by atoms with Gasteiger partial charge in [0.1, 0.15) is 0 Å². The molecule has 120 valence electrons. The maximum Gasteiger partial charge on any atom is 0.231 e. The lowest BCUT2D eigenvalue weighted by Gasteiger charge is -2.38. The van der Waals surface area contributed by atoms with Crippen molar-refractivity contribution in [2.24, 2.45) is 13.0 Å². The zero-order chi connectivity index (χ0) is 15.8. The summed E-state index contributed by atoms with van der Waals surface area (Å²) in [5, 5.41) is 4.15. The summed E-state index contributed by atoms with van der Waals surface area (Å²) in [6, 6.07) is 8.29. The number of amides is 1. The maximum atomic E-state index is 12.8. The summed E-state index contributed by atoms with van der Waals surface area (Å²) in [6.07, 6.45) is 6.79. The van der Waals surface area contributed by atoms with Crippen molar-refractivity contribution in [2.45, 2.75) is 19.3 Å². The number of carbonyl (C=O) groups excluding carboxylic acids is 1. The summed E-state index contributed by atoms with van der Waals surface area (Å²) in [7, 11) is 1.87. The van der Waals surface area contributed by atoms with Crippen LogP contribution in [0.4, 0.5) is 11.4 Å². The van der Waals surface area contributed by atoms with E-state index in [0.717, 1.165) is 36.8 Å². The van der Waals surface area contributed by atoms with Gasteiger partial charge in [-0.2, -0.15) is 5.10 Å². The van der Waals surface area contributed by atoms with Gasteiger partial charge in [0.2, 0.25) is 5.91 Å². The Labute approximate surface area is 136 Å². The molecule has 0 N–H and O–H groups in total. The molecule has 2 heterocycles. The fourth-order valence-corrected chi connectivity index (χ4v) is 3.32. The second-order valence-electron chi connectivity index (χ2n) is 6.62. The van der Waals surface area contributed by atoms with Gasteiger partial charge in [-0.25, -0.2) is 0 Å². The number of anilines is 2. The fourth-order valence-electron chi connectivity index (χ4n) is 3.32. The number of aromatic nitrogens is 2. The van der Waals surface area contributed by atoms with E-state index in [1.54, 1.807) is 10.9 Å². The van der Waals surface area contributed by atoms with E-state index in [1.165, 1.54) is 18.5 Å². The quantitative estimate of drug-likeness (QED) is 0.869. The van der Waals surface area contributed by atoms with Crippen molar-refractivity contribution in [3.05, 3.63) is 42.2 Å². The normalized spacial score (nSPS) is 17.3. The van der Waals surface area contributed by atoms with E-state index >= 15 is 0 Å². The molecule has 0 bridgehead atoms. The molecule has 1 aromatic heterocycles. The van der Waals surface area contributed by atoms with Gasteiger partial charge in [-0.15, -0.1) is 0 Å². The minimum absolute atomic E-state index is 0.150. The second-order valence-corrected chi connectivity index (χ2v) is 6.62. The lowest BCUT2D eigenvalue weighted by molar-refractivity contribution is -0.118. The summed E-state index contributed by atoms with van der Waals surface area (Å²) >= 11 is 0. The molecular weight excluding hydrogens is 288 g/mol. The van der Waals surface area contributed by atoms with Crippen molar-refractivity contribution in [1.82, 2.24) is 9.78 Å². The van der Waals surface area contributed by atoms with E-state index < -0.39 is 0 Å². The minimum Gasteiger partial charge on any atom is -0.368 e. The monoisotopic (exact) mass is 310 g/mol. The van der Waals surface area contributed by atoms with Gasteiger partial charge in [0, 0.05) is 32.9 Å². The smallest absolute Gasteiger partial charge is 0.231 e. The van der Waals surface area contributed by atoms with Crippen molar-refractivity contribution in [2.75, 3.05) is 29.4 Å². The first kappa shape index (κ1) is 14.3. The molecule has 5 nitrogen and oxygen atoms in total. The number of carbonyl (C=O) groups is 1. The molecule has 4 rings (SSSR count). The molecule has 1 amide bonds. The molecule has 0 saturated heterocycles. The highest BCUT2D eigenvalue weighted by Crippen LogP contribution is 2.37. The molecule has 0 spiro atoms. The van der Waals surface area contributed by atoms with Crippen LogP contribution >= 0.6 is 0 Å². The predicted molar refractivity (Wildman–Crippen MR) is 90.6 cm³/mol. The summed E-state index contributed by atoms with van der Waals surface area (Å²) in [5.74, 6) is 0.997. The van der Waals surface area contributed by atoms with Crippen LogP contribution in [0.2, 0.25) is 0 Å². The third kappa shape index (κ3) is 2.96. The SMILES string of the molecule is Cn1cc(CC(=O)N2CCN(CC3CC3)c3ccccc32)cn1. The van der Waals surface area contributed by atoms with Crippen LogP contribution in [-0.4, -0.2) is 35.3 Å². The second kappa shape index (κ2) is 5.72. The van der Waals surface area contributed by atoms with E-state index in [9.17, 15) is 4.79 Å². The molecule has 1 aliphatic carbocycles. The van der Waals surface area contributed by atoms with Crippen molar-refractivity contribution >= 4 is 17.3 Å². The predicted octanol–water partition coefficient (Wildman–Crippen LogP) is 2.23. The number of rotatable bonds is 4. The highest BCUT2D eigenvalue weighted by Gasteiger charge is 2.30. The van der Waals surface area contributed by atoms with Crippen molar-refractivity contribution in [1.29, 1.82) is 0 Å². The fraction of sp³-hybridized carbons (Fsp3) is 0.444. The molecule has 0 atom stereocenters. The zero-order valence-corrected chi connectivity index (χ0v) is 13.5. The molecule has 2 aromatic rings. The first-order chi connectivity index (χ1) is 11.2. The first-order valence-electron chi connectivity index (χ1n) is 8.32. The molecule has 1 saturated carbocycles. The lowest BCUT2D eigenvalue weighted by atomic mass is 10.1. The largest absolute Gasteiger partial charge is 0.368 e. The van der Waals surface area contributed by atoms with E-state index in [2.05, 4.69) is 28.2 Å². The molecular formula is C18H22N4O. The third-order valence-corrected chi connectivity index (χ3v) is 4.70. The van der Waals surface area contributed by atoms with E-state index in [-0.39, 0.29) is 5.91 Å². The maximum absolute atomic E-state index is 12.8. The number of benzene rings is 1. The van der Waals surface area contributed by atoms with Crippen molar-refractivity contribution in [3.8, 4) is 0 Å². The Balaban J connectivity index is 1.55. The minimum atomic E-state index is 0.150. The number of para-hydroxylation sites is 2. The molecule has 23 heavy (non-hydrogen) atoms. The van der Waals surface area contributed by atoms with Gasteiger partial charge < -0.3 is 9.80 Å². The van der Waals surface area contributed by atoms with Gasteiger partial charge in [0.05, 0.1) is 24.0 Å². The number of hydrogen-bond acceptors (Lipinski definition) is 3. The molecule has 1 aromatic carbocycles. The standard InChI is InChI=1S/C18H22N4O/c1-20-12-15(11-19-20)10-18(23)22-9-8-21(13-14-6-7-14)16-4-2-3-5-17(16)22/h2-5,11-12,14H,6-10,13H2,1H3. The topological polar surface area (TPSA) is 41.4 Å². The van der Waals surface area contributed by atoms with Crippen LogP contribution in [0.15, 0.2) is 36.7 Å². The Morgan fingerprint density at radius 1 is 1.22 bits per heavy atom. The van der Waals surface area contributed by atoms with Gasteiger partial charge in [-0.1, -0.05) is 12.1 Å². The van der Waals surface area contributed by atoms with Crippen LogP contribution < -0.4 is 9.80 Å². The summed E-state index contributed by atoms with van der Waals surface area (Å²) in [5.41, 5.74) is 3.22. The number of aryl methyl sites for hydroxylation is 1. The van der Waals surface area contributed by atoms with Crippen LogP contribution in [0.3, 0.4) is 0 Å². The Morgan fingerprint density at radius 3 is 2.70 bits per heavy atom.